The van der Waals surface area contributed by atoms with Crippen molar-refractivity contribution in [1.29, 1.82) is 0 Å². The van der Waals surface area contributed by atoms with Crippen LogP contribution in [-0.2, 0) is 10.0 Å². The Morgan fingerprint density at radius 3 is 2.58 bits per heavy atom. The van der Waals surface area contributed by atoms with Gasteiger partial charge in [-0.25, -0.2) is 18.1 Å². The number of pyridine rings is 1. The van der Waals surface area contributed by atoms with Gasteiger partial charge in [-0.1, -0.05) is 13.8 Å². The van der Waals surface area contributed by atoms with Gasteiger partial charge in [-0.3, -0.25) is 0 Å². The maximum atomic E-state index is 12.2. The van der Waals surface area contributed by atoms with Crippen LogP contribution in [0.5, 0.6) is 0 Å². The van der Waals surface area contributed by atoms with Crippen molar-refractivity contribution in [1.82, 2.24) is 9.71 Å². The van der Waals surface area contributed by atoms with E-state index >= 15 is 0 Å². The molecule has 0 amide bonds. The summed E-state index contributed by atoms with van der Waals surface area (Å²) in [6, 6.07) is 3.01. The van der Waals surface area contributed by atoms with Gasteiger partial charge in [0.05, 0.1) is 0 Å². The quantitative estimate of drug-likeness (QED) is 0.885. The number of nitrogens with one attached hydrogen (secondary N) is 1. The van der Waals surface area contributed by atoms with E-state index in [9.17, 15) is 8.42 Å². The summed E-state index contributed by atoms with van der Waals surface area (Å²) in [5, 5.41) is 0. The van der Waals surface area contributed by atoms with Crippen molar-refractivity contribution >= 4 is 15.8 Å². The summed E-state index contributed by atoms with van der Waals surface area (Å²) in [6.07, 6.45) is 4.15. The van der Waals surface area contributed by atoms with Crippen LogP contribution in [0, 0.1) is 11.8 Å². The highest BCUT2D eigenvalue weighted by Gasteiger charge is 2.28. The van der Waals surface area contributed by atoms with Gasteiger partial charge in [0.2, 0.25) is 10.0 Å². The van der Waals surface area contributed by atoms with Crippen molar-refractivity contribution in [2.75, 3.05) is 5.73 Å². The minimum atomic E-state index is -3.49. The Balaban J connectivity index is 2.07. The molecular weight excluding hydrogens is 262 g/mol. The lowest BCUT2D eigenvalue weighted by Crippen LogP contribution is -2.39. The van der Waals surface area contributed by atoms with E-state index in [-0.39, 0.29) is 10.9 Å². The standard InChI is InChI=1S/C13H21N3O2S/c1-9-3-4-11(7-10(9)2)16-19(17,18)12-5-6-13(14)15-8-12/h5-6,8-11,16H,3-4,7H2,1-2H3,(H2,14,15). The molecule has 1 aliphatic rings. The lowest BCUT2D eigenvalue weighted by atomic mass is 9.79. The monoisotopic (exact) mass is 283 g/mol. The second kappa shape index (κ2) is 5.46. The number of aromatic nitrogens is 1. The van der Waals surface area contributed by atoms with Crippen LogP contribution < -0.4 is 10.5 Å². The minimum Gasteiger partial charge on any atom is -0.384 e. The molecular formula is C13H21N3O2S. The Kier molecular flexibility index (Phi) is 4.10. The largest absolute Gasteiger partial charge is 0.384 e. The maximum Gasteiger partial charge on any atom is 0.242 e. The summed E-state index contributed by atoms with van der Waals surface area (Å²) in [5.41, 5.74) is 5.46. The van der Waals surface area contributed by atoms with E-state index in [2.05, 4.69) is 23.6 Å². The van der Waals surface area contributed by atoms with Crippen molar-refractivity contribution in [3.63, 3.8) is 0 Å². The molecule has 1 aliphatic carbocycles. The Morgan fingerprint density at radius 2 is 2.00 bits per heavy atom. The zero-order valence-electron chi connectivity index (χ0n) is 11.3. The van der Waals surface area contributed by atoms with Gasteiger partial charge in [0.25, 0.3) is 0 Å². The predicted octanol–water partition coefficient (Wildman–Crippen LogP) is 1.77. The summed E-state index contributed by atoms with van der Waals surface area (Å²) in [4.78, 5) is 4.00. The fourth-order valence-corrected chi connectivity index (χ4v) is 3.72. The van der Waals surface area contributed by atoms with Gasteiger partial charge in [0.1, 0.15) is 10.7 Å². The zero-order chi connectivity index (χ0) is 14.0. The lowest BCUT2D eigenvalue weighted by Gasteiger charge is -2.32. The SMILES string of the molecule is CC1CCC(NS(=O)(=O)c2ccc(N)nc2)CC1C. The molecule has 0 saturated heterocycles. The number of hydrogen-bond acceptors (Lipinski definition) is 4. The fraction of sp³-hybridized carbons (Fsp3) is 0.615. The number of sulfonamides is 1. The third-order valence-corrected chi connectivity index (χ3v) is 5.50. The van der Waals surface area contributed by atoms with Crippen molar-refractivity contribution in [3.05, 3.63) is 18.3 Å². The predicted molar refractivity (Wildman–Crippen MR) is 74.9 cm³/mol. The summed E-state index contributed by atoms with van der Waals surface area (Å²) in [7, 11) is -3.49. The first kappa shape index (κ1) is 14.3. The van der Waals surface area contributed by atoms with Crippen LogP contribution in [-0.4, -0.2) is 19.4 Å². The van der Waals surface area contributed by atoms with Crippen LogP contribution in [0.3, 0.4) is 0 Å². The molecule has 19 heavy (non-hydrogen) atoms. The molecule has 3 unspecified atom stereocenters. The van der Waals surface area contributed by atoms with Gasteiger partial charge in [-0.2, -0.15) is 0 Å². The number of nitrogens with zero attached hydrogens (tertiary/aromatic N) is 1. The van der Waals surface area contributed by atoms with Crippen LogP contribution in [0.2, 0.25) is 0 Å². The highest BCUT2D eigenvalue weighted by atomic mass is 32.2. The van der Waals surface area contributed by atoms with Crippen molar-refractivity contribution in [2.45, 2.75) is 44.0 Å². The van der Waals surface area contributed by atoms with Crippen molar-refractivity contribution < 1.29 is 8.42 Å². The second-order valence-electron chi connectivity index (χ2n) is 5.50. The molecule has 0 radical (unpaired) electrons. The summed E-state index contributed by atoms with van der Waals surface area (Å²) < 4.78 is 27.2. The second-order valence-corrected chi connectivity index (χ2v) is 7.22. The molecule has 1 saturated carbocycles. The lowest BCUT2D eigenvalue weighted by molar-refractivity contribution is 0.242. The van der Waals surface area contributed by atoms with Crippen LogP contribution in [0.15, 0.2) is 23.2 Å². The van der Waals surface area contributed by atoms with Crippen molar-refractivity contribution in [3.8, 4) is 0 Å². The molecule has 5 nitrogen and oxygen atoms in total. The Morgan fingerprint density at radius 1 is 1.26 bits per heavy atom. The minimum absolute atomic E-state index is 0.0220. The number of hydrogen-bond donors (Lipinski definition) is 2. The smallest absolute Gasteiger partial charge is 0.242 e. The molecule has 1 fully saturated rings. The van der Waals surface area contributed by atoms with Gasteiger partial charge in [0, 0.05) is 12.2 Å². The highest BCUT2D eigenvalue weighted by molar-refractivity contribution is 7.89. The molecule has 0 aliphatic heterocycles. The molecule has 1 heterocycles. The Bertz CT molecular complexity index is 527. The van der Waals surface area contributed by atoms with E-state index in [0.29, 0.717) is 17.7 Å². The average molecular weight is 283 g/mol. The molecule has 6 heteroatoms. The van der Waals surface area contributed by atoms with E-state index in [1.807, 2.05) is 0 Å². The number of nitrogen functional groups attached to an aromatic ring is 1. The third kappa shape index (κ3) is 3.45. The van der Waals surface area contributed by atoms with Crippen LogP contribution >= 0.6 is 0 Å². The van der Waals surface area contributed by atoms with Crippen LogP contribution in [0.25, 0.3) is 0 Å². The number of anilines is 1. The van der Waals surface area contributed by atoms with E-state index in [1.54, 1.807) is 0 Å². The molecule has 1 aromatic rings. The molecule has 3 N–H and O–H groups in total. The molecule has 3 atom stereocenters. The average Bonchev–Trinajstić information content (AvgIpc) is 2.34. The molecule has 0 bridgehead atoms. The summed E-state index contributed by atoms with van der Waals surface area (Å²) >= 11 is 0. The summed E-state index contributed by atoms with van der Waals surface area (Å²) in [5.74, 6) is 1.53. The molecule has 1 aromatic heterocycles. The number of nitrogens with two attached hydrogens (primary N) is 1. The zero-order valence-corrected chi connectivity index (χ0v) is 12.2. The Hall–Kier alpha value is -1.14. The first-order valence-electron chi connectivity index (χ1n) is 6.62. The van der Waals surface area contributed by atoms with Crippen LogP contribution in [0.4, 0.5) is 5.82 Å². The first-order valence-corrected chi connectivity index (χ1v) is 8.10. The van der Waals surface area contributed by atoms with Gasteiger partial charge >= 0.3 is 0 Å². The molecule has 0 aromatic carbocycles. The van der Waals surface area contributed by atoms with Gasteiger partial charge < -0.3 is 5.73 Å². The van der Waals surface area contributed by atoms with Gasteiger partial charge in [-0.15, -0.1) is 0 Å². The highest BCUT2D eigenvalue weighted by Crippen LogP contribution is 2.30. The Labute approximate surface area is 114 Å². The molecule has 2 rings (SSSR count). The topological polar surface area (TPSA) is 85.1 Å². The number of rotatable bonds is 3. The van der Waals surface area contributed by atoms with Gasteiger partial charge in [-0.05, 0) is 43.2 Å². The van der Waals surface area contributed by atoms with Gasteiger partial charge in [0.15, 0.2) is 0 Å². The fourth-order valence-electron chi connectivity index (χ4n) is 2.49. The van der Waals surface area contributed by atoms with E-state index in [0.717, 1.165) is 19.3 Å². The van der Waals surface area contributed by atoms with Crippen molar-refractivity contribution in [2.24, 2.45) is 11.8 Å². The normalized spacial score (nSPS) is 28.2. The summed E-state index contributed by atoms with van der Waals surface area (Å²) in [6.45, 7) is 4.40. The maximum absolute atomic E-state index is 12.2. The van der Waals surface area contributed by atoms with Crippen LogP contribution in [0.1, 0.15) is 33.1 Å². The van der Waals surface area contributed by atoms with E-state index in [1.165, 1.54) is 18.3 Å². The van der Waals surface area contributed by atoms with E-state index in [4.69, 9.17) is 5.73 Å². The first-order chi connectivity index (χ1) is 8.88. The molecule has 106 valence electrons. The molecule has 0 spiro atoms. The third-order valence-electron chi connectivity index (χ3n) is 3.99. The van der Waals surface area contributed by atoms with E-state index < -0.39 is 10.0 Å².